The molecule has 1 aliphatic heterocycles. The monoisotopic (exact) mass is 381 g/mol. The summed E-state index contributed by atoms with van der Waals surface area (Å²) >= 11 is 2.01. The zero-order chi connectivity index (χ0) is 18.6. The van der Waals surface area contributed by atoms with Gasteiger partial charge in [-0.2, -0.15) is 11.8 Å². The lowest BCUT2D eigenvalue weighted by atomic mass is 10.1. The molecule has 0 bridgehead atoms. The minimum absolute atomic E-state index is 0.136. The number of amides is 1. The molecule has 1 saturated heterocycles. The predicted molar refractivity (Wildman–Crippen MR) is 112 cm³/mol. The molecule has 2 aromatic carbocycles. The second-order valence-corrected chi connectivity index (χ2v) is 7.85. The van der Waals surface area contributed by atoms with E-state index in [0.29, 0.717) is 17.0 Å². The zero-order valence-electron chi connectivity index (χ0n) is 15.3. The summed E-state index contributed by atoms with van der Waals surface area (Å²) < 4.78 is 5.43. The third kappa shape index (κ3) is 3.96. The van der Waals surface area contributed by atoms with Crippen molar-refractivity contribution < 1.29 is 9.53 Å². The molecular weight excluding hydrogens is 358 g/mol. The molecule has 1 amide bonds. The van der Waals surface area contributed by atoms with Crippen LogP contribution < -0.4 is 10.1 Å². The fraction of sp³-hybridized carbons (Fsp3) is 0.286. The van der Waals surface area contributed by atoms with E-state index in [9.17, 15) is 4.79 Å². The summed E-state index contributed by atoms with van der Waals surface area (Å²) in [6, 6.07) is 13.6. The van der Waals surface area contributed by atoms with Crippen LogP contribution in [0.5, 0.6) is 5.75 Å². The summed E-state index contributed by atoms with van der Waals surface area (Å²) in [5.74, 6) is 2.91. The first-order chi connectivity index (χ1) is 13.2. The molecule has 27 heavy (non-hydrogen) atoms. The topological polar surface area (TPSA) is 57.4 Å². The van der Waals surface area contributed by atoms with Crippen LogP contribution in [0.25, 0.3) is 10.9 Å². The quantitative estimate of drug-likeness (QED) is 0.702. The van der Waals surface area contributed by atoms with Crippen LogP contribution in [-0.2, 0) is 6.54 Å². The molecule has 0 spiro atoms. The number of methoxy groups -OCH3 is 1. The normalized spacial score (nSPS) is 15.0. The minimum Gasteiger partial charge on any atom is -0.495 e. The number of carbonyl (C=O) groups is 1. The summed E-state index contributed by atoms with van der Waals surface area (Å²) in [5, 5.41) is 3.94. The number of aromatic amines is 1. The number of nitrogens with one attached hydrogen (secondary N) is 2. The number of carbonyl (C=O) groups excluding carboxylic acids is 1. The molecule has 0 aliphatic carbocycles. The first kappa shape index (κ1) is 17.9. The summed E-state index contributed by atoms with van der Waals surface area (Å²) in [6.07, 6.45) is 1.85. The van der Waals surface area contributed by atoms with Gasteiger partial charge in [0.1, 0.15) is 5.75 Å². The van der Waals surface area contributed by atoms with Crippen molar-refractivity contribution in [2.45, 2.75) is 6.54 Å². The van der Waals surface area contributed by atoms with Gasteiger partial charge in [-0.15, -0.1) is 0 Å². The maximum absolute atomic E-state index is 12.8. The van der Waals surface area contributed by atoms with E-state index in [2.05, 4.69) is 15.2 Å². The van der Waals surface area contributed by atoms with Gasteiger partial charge >= 0.3 is 0 Å². The van der Waals surface area contributed by atoms with Crippen molar-refractivity contribution in [3.8, 4) is 5.75 Å². The van der Waals surface area contributed by atoms with E-state index in [4.69, 9.17) is 4.74 Å². The fourth-order valence-corrected chi connectivity index (χ4v) is 4.36. The molecule has 2 N–H and O–H groups in total. The van der Waals surface area contributed by atoms with E-state index in [1.807, 2.05) is 60.4 Å². The van der Waals surface area contributed by atoms with Gasteiger partial charge in [-0.1, -0.05) is 12.1 Å². The van der Waals surface area contributed by atoms with E-state index in [1.54, 1.807) is 7.11 Å². The maximum Gasteiger partial charge on any atom is 0.255 e. The van der Waals surface area contributed by atoms with Crippen LogP contribution in [0.4, 0.5) is 5.69 Å². The molecule has 0 atom stereocenters. The third-order valence-electron chi connectivity index (χ3n) is 4.88. The van der Waals surface area contributed by atoms with Gasteiger partial charge in [0.15, 0.2) is 0 Å². The number of benzene rings is 2. The van der Waals surface area contributed by atoms with Gasteiger partial charge in [-0.05, 0) is 35.9 Å². The highest BCUT2D eigenvalue weighted by Crippen LogP contribution is 2.33. The second-order valence-electron chi connectivity index (χ2n) is 6.62. The van der Waals surface area contributed by atoms with E-state index >= 15 is 0 Å². The average Bonchev–Trinajstić information content (AvgIpc) is 3.19. The van der Waals surface area contributed by atoms with Gasteiger partial charge in [0.05, 0.1) is 12.8 Å². The number of nitrogens with zero attached hydrogens (tertiary/aromatic N) is 1. The number of hydrogen-bond acceptors (Lipinski definition) is 4. The Labute approximate surface area is 163 Å². The van der Waals surface area contributed by atoms with Gasteiger partial charge in [0.2, 0.25) is 0 Å². The lowest BCUT2D eigenvalue weighted by Crippen LogP contribution is -2.31. The molecule has 0 unspecified atom stereocenters. The van der Waals surface area contributed by atoms with Crippen molar-refractivity contribution in [2.75, 3.05) is 37.0 Å². The SMILES string of the molecule is COc1ccc2[nH]ccc2c1NC(=O)c1ccc(CN2CCSCC2)cc1. The number of aromatic nitrogens is 1. The summed E-state index contributed by atoms with van der Waals surface area (Å²) in [4.78, 5) is 18.4. The Morgan fingerprint density at radius 1 is 1.15 bits per heavy atom. The van der Waals surface area contributed by atoms with Gasteiger partial charge in [-0.3, -0.25) is 9.69 Å². The summed E-state index contributed by atoms with van der Waals surface area (Å²) in [7, 11) is 1.61. The van der Waals surface area contributed by atoms with E-state index in [1.165, 1.54) is 17.1 Å². The summed E-state index contributed by atoms with van der Waals surface area (Å²) in [5.41, 5.74) is 3.53. The maximum atomic E-state index is 12.8. The average molecular weight is 382 g/mol. The lowest BCUT2D eigenvalue weighted by Gasteiger charge is -2.26. The van der Waals surface area contributed by atoms with Crippen molar-refractivity contribution in [3.05, 3.63) is 59.8 Å². The van der Waals surface area contributed by atoms with Crippen molar-refractivity contribution in [3.63, 3.8) is 0 Å². The van der Waals surface area contributed by atoms with Gasteiger partial charge < -0.3 is 15.0 Å². The summed E-state index contributed by atoms with van der Waals surface area (Å²) in [6.45, 7) is 3.21. The van der Waals surface area contributed by atoms with Crippen molar-refractivity contribution in [1.82, 2.24) is 9.88 Å². The van der Waals surface area contributed by atoms with Gasteiger partial charge in [0, 0.05) is 53.8 Å². The van der Waals surface area contributed by atoms with Crippen LogP contribution >= 0.6 is 11.8 Å². The van der Waals surface area contributed by atoms with Crippen LogP contribution in [0, 0.1) is 0 Å². The van der Waals surface area contributed by atoms with Crippen LogP contribution in [-0.4, -0.2) is 47.5 Å². The van der Waals surface area contributed by atoms with Gasteiger partial charge in [-0.25, -0.2) is 0 Å². The molecule has 2 heterocycles. The Morgan fingerprint density at radius 2 is 1.93 bits per heavy atom. The number of anilines is 1. The first-order valence-electron chi connectivity index (χ1n) is 9.09. The van der Waals surface area contributed by atoms with Crippen molar-refractivity contribution in [1.29, 1.82) is 0 Å². The van der Waals surface area contributed by atoms with Crippen LogP contribution in [0.3, 0.4) is 0 Å². The number of ether oxygens (including phenoxy) is 1. The predicted octanol–water partition coefficient (Wildman–Crippen LogP) is 3.98. The highest BCUT2D eigenvalue weighted by molar-refractivity contribution is 7.99. The number of rotatable bonds is 5. The fourth-order valence-electron chi connectivity index (χ4n) is 3.38. The number of thioether (sulfide) groups is 1. The Hall–Kier alpha value is -2.44. The molecule has 6 heteroatoms. The van der Waals surface area contributed by atoms with Crippen LogP contribution in [0.2, 0.25) is 0 Å². The highest BCUT2D eigenvalue weighted by Gasteiger charge is 2.15. The Morgan fingerprint density at radius 3 is 2.67 bits per heavy atom. The molecule has 1 aromatic heterocycles. The first-order valence-corrected chi connectivity index (χ1v) is 10.2. The van der Waals surface area contributed by atoms with Gasteiger partial charge in [0.25, 0.3) is 5.91 Å². The molecule has 5 nitrogen and oxygen atoms in total. The standard InChI is InChI=1S/C21H23N3O2S/c1-26-19-7-6-18-17(8-9-22-18)20(19)23-21(25)16-4-2-15(3-5-16)14-24-10-12-27-13-11-24/h2-9,22H,10-14H2,1H3,(H,23,25). The largest absolute Gasteiger partial charge is 0.495 e. The molecule has 4 rings (SSSR count). The molecule has 3 aromatic rings. The molecule has 1 fully saturated rings. The Bertz CT molecular complexity index is 930. The van der Waals surface area contributed by atoms with E-state index in [-0.39, 0.29) is 5.91 Å². The van der Waals surface area contributed by atoms with E-state index < -0.39 is 0 Å². The number of fused-ring (bicyclic) bond motifs is 1. The molecular formula is C21H23N3O2S. The van der Waals surface area contributed by atoms with Crippen molar-refractivity contribution >= 4 is 34.3 Å². The molecule has 140 valence electrons. The Kier molecular flexibility index (Phi) is 5.36. The zero-order valence-corrected chi connectivity index (χ0v) is 16.1. The lowest BCUT2D eigenvalue weighted by molar-refractivity contribution is 0.102. The Balaban J connectivity index is 1.49. The smallest absolute Gasteiger partial charge is 0.255 e. The minimum atomic E-state index is -0.136. The molecule has 0 saturated carbocycles. The second kappa shape index (κ2) is 8.06. The van der Waals surface area contributed by atoms with Crippen molar-refractivity contribution in [2.24, 2.45) is 0 Å². The third-order valence-corrected chi connectivity index (χ3v) is 5.82. The number of hydrogen-bond donors (Lipinski definition) is 2. The van der Waals surface area contributed by atoms with Crippen LogP contribution in [0.15, 0.2) is 48.7 Å². The molecule has 1 aliphatic rings. The van der Waals surface area contributed by atoms with E-state index in [0.717, 1.165) is 30.5 Å². The van der Waals surface area contributed by atoms with Crippen LogP contribution in [0.1, 0.15) is 15.9 Å². The highest BCUT2D eigenvalue weighted by atomic mass is 32.2. The molecule has 0 radical (unpaired) electrons. The number of H-pyrrole nitrogens is 1.